The van der Waals surface area contributed by atoms with Crippen molar-refractivity contribution >= 4 is 11.8 Å². The number of anilines is 1. The predicted molar refractivity (Wildman–Crippen MR) is 75.8 cm³/mol. The fourth-order valence-corrected chi connectivity index (χ4v) is 2.81. The largest absolute Gasteiger partial charge is 0.478 e. The van der Waals surface area contributed by atoms with Crippen LogP contribution in [0.1, 0.15) is 55.1 Å². The lowest BCUT2D eigenvalue weighted by atomic mass is 10.1. The maximum atomic E-state index is 11.4. The van der Waals surface area contributed by atoms with Gasteiger partial charge in [-0.25, -0.2) is 9.78 Å². The third-order valence-electron chi connectivity index (χ3n) is 3.87. The van der Waals surface area contributed by atoms with Gasteiger partial charge in [-0.3, -0.25) is 0 Å². The number of hydrogen-bond donors (Lipinski definition) is 1. The van der Waals surface area contributed by atoms with Crippen molar-refractivity contribution in [3.05, 3.63) is 23.4 Å². The topological polar surface area (TPSA) is 53.4 Å². The molecule has 1 aromatic rings. The van der Waals surface area contributed by atoms with Crippen LogP contribution in [0, 0.1) is 6.92 Å². The number of aromatic carboxylic acids is 1. The van der Waals surface area contributed by atoms with E-state index in [1.807, 2.05) is 6.92 Å². The lowest BCUT2D eigenvalue weighted by Gasteiger charge is -2.31. The number of rotatable bonds is 3. The smallest absolute Gasteiger partial charge is 0.339 e. The van der Waals surface area contributed by atoms with E-state index < -0.39 is 5.97 Å². The summed E-state index contributed by atoms with van der Waals surface area (Å²) in [5.74, 6) is -0.233. The van der Waals surface area contributed by atoms with Gasteiger partial charge in [-0.1, -0.05) is 19.8 Å². The second kappa shape index (κ2) is 6.04. The van der Waals surface area contributed by atoms with Crippen molar-refractivity contribution in [2.75, 3.05) is 11.4 Å². The molecule has 1 unspecified atom stereocenters. The highest BCUT2D eigenvalue weighted by Gasteiger charge is 2.25. The minimum absolute atomic E-state index is 0.325. The van der Waals surface area contributed by atoms with Gasteiger partial charge in [0.25, 0.3) is 0 Å². The van der Waals surface area contributed by atoms with Crippen LogP contribution in [0.3, 0.4) is 0 Å². The van der Waals surface area contributed by atoms with E-state index in [1.54, 1.807) is 12.1 Å². The number of aryl methyl sites for hydroxylation is 1. The van der Waals surface area contributed by atoms with Crippen molar-refractivity contribution < 1.29 is 9.90 Å². The lowest BCUT2D eigenvalue weighted by molar-refractivity contribution is 0.0697. The monoisotopic (exact) mass is 262 g/mol. The Bertz CT molecular complexity index is 459. The summed E-state index contributed by atoms with van der Waals surface area (Å²) >= 11 is 0. The molecule has 2 rings (SSSR count). The third kappa shape index (κ3) is 3.06. The SMILES string of the molecule is CCC1CCCCCN1c1nc(C)ccc1C(=O)O. The second-order valence-corrected chi connectivity index (χ2v) is 5.23. The van der Waals surface area contributed by atoms with Crippen molar-refractivity contribution in [3.8, 4) is 0 Å². The molecule has 1 fully saturated rings. The van der Waals surface area contributed by atoms with Gasteiger partial charge >= 0.3 is 5.97 Å². The van der Waals surface area contributed by atoms with Crippen LogP contribution < -0.4 is 4.90 Å². The van der Waals surface area contributed by atoms with Gasteiger partial charge in [-0.05, 0) is 38.3 Å². The van der Waals surface area contributed by atoms with Crippen LogP contribution in [0.15, 0.2) is 12.1 Å². The van der Waals surface area contributed by atoms with Gasteiger partial charge in [-0.15, -0.1) is 0 Å². The molecule has 0 saturated carbocycles. The zero-order valence-corrected chi connectivity index (χ0v) is 11.7. The van der Waals surface area contributed by atoms with Crippen LogP contribution in [-0.2, 0) is 0 Å². The summed E-state index contributed by atoms with van der Waals surface area (Å²) in [4.78, 5) is 18.1. The minimum atomic E-state index is -0.887. The number of nitrogens with zero attached hydrogens (tertiary/aromatic N) is 2. The zero-order chi connectivity index (χ0) is 13.8. The first-order valence-corrected chi connectivity index (χ1v) is 7.11. The Labute approximate surface area is 114 Å². The van der Waals surface area contributed by atoms with Crippen molar-refractivity contribution in [3.63, 3.8) is 0 Å². The molecule has 1 saturated heterocycles. The average molecular weight is 262 g/mol. The molecule has 1 atom stereocenters. The summed E-state index contributed by atoms with van der Waals surface area (Å²) < 4.78 is 0. The normalized spacial score (nSPS) is 20.1. The Morgan fingerprint density at radius 2 is 2.21 bits per heavy atom. The number of hydrogen-bond acceptors (Lipinski definition) is 3. The van der Waals surface area contributed by atoms with Gasteiger partial charge in [0.05, 0.1) is 0 Å². The highest BCUT2D eigenvalue weighted by Crippen LogP contribution is 2.27. The number of carboxylic acid groups (broad SMARTS) is 1. The number of carboxylic acids is 1. The van der Waals surface area contributed by atoms with Crippen molar-refractivity contribution in [1.82, 2.24) is 4.98 Å². The summed E-state index contributed by atoms with van der Waals surface area (Å²) in [5, 5.41) is 9.35. The molecule has 0 aliphatic carbocycles. The summed E-state index contributed by atoms with van der Waals surface area (Å²) in [6, 6.07) is 3.86. The molecule has 1 aliphatic rings. The van der Waals surface area contributed by atoms with Gasteiger partial charge in [-0.2, -0.15) is 0 Å². The molecule has 1 N–H and O–H groups in total. The highest BCUT2D eigenvalue weighted by molar-refractivity contribution is 5.93. The van der Waals surface area contributed by atoms with E-state index >= 15 is 0 Å². The highest BCUT2D eigenvalue weighted by atomic mass is 16.4. The van der Waals surface area contributed by atoms with E-state index in [4.69, 9.17) is 0 Å². The molecule has 4 heteroatoms. The lowest BCUT2D eigenvalue weighted by Crippen LogP contribution is -2.36. The number of aromatic nitrogens is 1. The Morgan fingerprint density at radius 1 is 1.42 bits per heavy atom. The van der Waals surface area contributed by atoms with Crippen LogP contribution in [0.5, 0.6) is 0 Å². The maximum Gasteiger partial charge on any atom is 0.339 e. The molecular formula is C15H22N2O2. The fourth-order valence-electron chi connectivity index (χ4n) is 2.81. The van der Waals surface area contributed by atoms with E-state index in [0.717, 1.165) is 31.5 Å². The Hall–Kier alpha value is -1.58. The number of carbonyl (C=O) groups is 1. The Balaban J connectivity index is 2.42. The Kier molecular flexibility index (Phi) is 4.40. The molecule has 19 heavy (non-hydrogen) atoms. The van der Waals surface area contributed by atoms with Crippen molar-refractivity contribution in [2.45, 2.75) is 52.0 Å². The minimum Gasteiger partial charge on any atom is -0.478 e. The van der Waals surface area contributed by atoms with E-state index in [0.29, 0.717) is 17.4 Å². The second-order valence-electron chi connectivity index (χ2n) is 5.23. The maximum absolute atomic E-state index is 11.4. The molecule has 1 aliphatic heterocycles. The molecule has 0 spiro atoms. The van der Waals surface area contributed by atoms with Crippen LogP contribution in [0.4, 0.5) is 5.82 Å². The molecule has 0 aromatic carbocycles. The molecule has 0 bridgehead atoms. The first-order valence-electron chi connectivity index (χ1n) is 7.11. The van der Waals surface area contributed by atoms with E-state index in [2.05, 4.69) is 16.8 Å². The van der Waals surface area contributed by atoms with Gasteiger partial charge in [0.2, 0.25) is 0 Å². The average Bonchev–Trinajstić information content (AvgIpc) is 2.63. The zero-order valence-electron chi connectivity index (χ0n) is 11.7. The van der Waals surface area contributed by atoms with Gasteiger partial charge in [0.15, 0.2) is 0 Å². The standard InChI is InChI=1S/C15H22N2O2/c1-3-12-7-5-4-6-10-17(12)14-13(15(18)19)9-8-11(2)16-14/h8-9,12H,3-7,10H2,1-2H3,(H,18,19). The van der Waals surface area contributed by atoms with Gasteiger partial charge in [0, 0.05) is 18.3 Å². The molecule has 4 nitrogen and oxygen atoms in total. The molecule has 104 valence electrons. The summed E-state index contributed by atoms with van der Waals surface area (Å²) in [6.45, 7) is 4.99. The van der Waals surface area contributed by atoms with Crippen LogP contribution in [0.25, 0.3) is 0 Å². The summed E-state index contributed by atoms with van der Waals surface area (Å²) in [7, 11) is 0. The van der Waals surface area contributed by atoms with Gasteiger partial charge < -0.3 is 10.0 Å². The molecular weight excluding hydrogens is 240 g/mol. The molecule has 0 amide bonds. The van der Waals surface area contributed by atoms with E-state index in [1.165, 1.54) is 12.8 Å². The summed E-state index contributed by atoms with van der Waals surface area (Å²) in [5.41, 5.74) is 1.20. The third-order valence-corrected chi connectivity index (χ3v) is 3.87. The van der Waals surface area contributed by atoms with E-state index in [-0.39, 0.29) is 0 Å². The van der Waals surface area contributed by atoms with Crippen LogP contribution in [0.2, 0.25) is 0 Å². The first kappa shape index (κ1) is 13.8. The summed E-state index contributed by atoms with van der Waals surface area (Å²) in [6.07, 6.45) is 5.73. The van der Waals surface area contributed by atoms with Crippen LogP contribution >= 0.6 is 0 Å². The van der Waals surface area contributed by atoms with Crippen molar-refractivity contribution in [2.24, 2.45) is 0 Å². The molecule has 2 heterocycles. The Morgan fingerprint density at radius 3 is 2.89 bits per heavy atom. The fraction of sp³-hybridized carbons (Fsp3) is 0.600. The quantitative estimate of drug-likeness (QED) is 0.908. The first-order chi connectivity index (χ1) is 9.13. The predicted octanol–water partition coefficient (Wildman–Crippen LogP) is 3.25. The van der Waals surface area contributed by atoms with Gasteiger partial charge in [0.1, 0.15) is 11.4 Å². The van der Waals surface area contributed by atoms with E-state index in [9.17, 15) is 9.90 Å². The van der Waals surface area contributed by atoms with Crippen molar-refractivity contribution in [1.29, 1.82) is 0 Å². The molecule has 1 aromatic heterocycles. The van der Waals surface area contributed by atoms with Crippen LogP contribution in [-0.4, -0.2) is 28.6 Å². The molecule has 0 radical (unpaired) electrons. The number of pyridine rings is 1.